The molecular weight excluding hydrogens is 328 g/mol. The topological polar surface area (TPSA) is 78.7 Å². The Kier molecular flexibility index (Phi) is 7.31. The molecule has 6 nitrogen and oxygen atoms in total. The maximum absolute atomic E-state index is 9.00. The van der Waals surface area contributed by atoms with Crippen LogP contribution in [0.25, 0.3) is 0 Å². The molecule has 0 aliphatic rings. The largest absolute Gasteiger partial charge is 0.493 e. The summed E-state index contributed by atoms with van der Waals surface area (Å²) in [6.07, 6.45) is 0. The fourth-order valence-corrected chi connectivity index (χ4v) is 2.37. The summed E-state index contributed by atoms with van der Waals surface area (Å²) in [5.41, 5.74) is 2.45. The quantitative estimate of drug-likeness (QED) is 0.588. The summed E-state index contributed by atoms with van der Waals surface area (Å²) in [5.74, 6) is 2.02. The van der Waals surface area contributed by atoms with Gasteiger partial charge in [-0.1, -0.05) is 12.1 Å². The van der Waals surface area contributed by atoms with Crippen molar-refractivity contribution < 1.29 is 9.47 Å². The number of anilines is 1. The van der Waals surface area contributed by atoms with Crippen LogP contribution in [0.5, 0.6) is 11.5 Å². The minimum atomic E-state index is 0.471. The Bertz CT molecular complexity index is 797. The number of nitriles is 1. The normalized spacial score (nSPS) is 10.8. The molecule has 0 saturated carbocycles. The number of ether oxygens (including phenoxy) is 2. The number of hydrogen-bond donors (Lipinski definition) is 2. The van der Waals surface area contributed by atoms with Crippen LogP contribution >= 0.6 is 0 Å². The Morgan fingerprint density at radius 1 is 1.15 bits per heavy atom. The van der Waals surface area contributed by atoms with E-state index < -0.39 is 0 Å². The minimum absolute atomic E-state index is 0.471. The molecule has 0 fully saturated rings. The van der Waals surface area contributed by atoms with Crippen LogP contribution in [0.3, 0.4) is 0 Å². The van der Waals surface area contributed by atoms with Gasteiger partial charge in [0, 0.05) is 18.3 Å². The standard InChI is InChI=1S/C20H24N4O2/c1-4-22-20(23-14-16-8-6-7-15(11-16)13-21)24-17-9-10-18(26-5-2)19(12-17)25-3/h6-12H,4-5,14H2,1-3H3,(H2,22,23,24). The van der Waals surface area contributed by atoms with Crippen LogP contribution in [0.15, 0.2) is 47.5 Å². The van der Waals surface area contributed by atoms with Crippen molar-refractivity contribution >= 4 is 11.6 Å². The molecule has 0 aliphatic heterocycles. The van der Waals surface area contributed by atoms with Gasteiger partial charge < -0.3 is 20.1 Å². The summed E-state index contributed by atoms with van der Waals surface area (Å²) >= 11 is 0. The lowest BCUT2D eigenvalue weighted by molar-refractivity contribution is 0.311. The van der Waals surface area contributed by atoms with Gasteiger partial charge in [0.2, 0.25) is 0 Å². The van der Waals surface area contributed by atoms with Crippen molar-refractivity contribution in [1.82, 2.24) is 5.32 Å². The van der Waals surface area contributed by atoms with E-state index in [0.717, 1.165) is 17.8 Å². The molecule has 2 aromatic carbocycles. The number of methoxy groups -OCH3 is 1. The highest BCUT2D eigenvalue weighted by Gasteiger charge is 2.07. The second-order valence-electron chi connectivity index (χ2n) is 5.43. The van der Waals surface area contributed by atoms with Gasteiger partial charge in [-0.05, 0) is 43.7 Å². The third-order valence-corrected chi connectivity index (χ3v) is 3.55. The first-order chi connectivity index (χ1) is 12.7. The number of nitrogens with zero attached hydrogens (tertiary/aromatic N) is 2. The first kappa shape index (κ1) is 19.1. The number of guanidine groups is 1. The summed E-state index contributed by atoms with van der Waals surface area (Å²) in [6.45, 7) is 5.72. The van der Waals surface area contributed by atoms with E-state index in [2.05, 4.69) is 21.7 Å². The van der Waals surface area contributed by atoms with Gasteiger partial charge in [0.15, 0.2) is 17.5 Å². The summed E-state index contributed by atoms with van der Waals surface area (Å²) in [6, 6.07) is 15.2. The van der Waals surface area contributed by atoms with Crippen LogP contribution in [0.4, 0.5) is 5.69 Å². The molecule has 0 atom stereocenters. The molecule has 136 valence electrons. The summed E-state index contributed by atoms with van der Waals surface area (Å²) in [4.78, 5) is 4.58. The molecule has 2 aromatic rings. The van der Waals surface area contributed by atoms with Crippen molar-refractivity contribution in [3.05, 3.63) is 53.6 Å². The molecule has 2 rings (SSSR count). The van der Waals surface area contributed by atoms with Crippen LogP contribution in [0, 0.1) is 11.3 Å². The molecule has 0 radical (unpaired) electrons. The fourth-order valence-electron chi connectivity index (χ4n) is 2.37. The molecule has 0 amide bonds. The molecule has 6 heteroatoms. The van der Waals surface area contributed by atoms with Gasteiger partial charge in [0.05, 0.1) is 31.9 Å². The highest BCUT2D eigenvalue weighted by molar-refractivity contribution is 5.93. The summed E-state index contributed by atoms with van der Waals surface area (Å²) in [7, 11) is 1.61. The van der Waals surface area contributed by atoms with Crippen LogP contribution in [0.2, 0.25) is 0 Å². The van der Waals surface area contributed by atoms with E-state index >= 15 is 0 Å². The van der Waals surface area contributed by atoms with E-state index in [0.29, 0.717) is 36.2 Å². The van der Waals surface area contributed by atoms with E-state index in [1.54, 1.807) is 13.2 Å². The van der Waals surface area contributed by atoms with E-state index in [-0.39, 0.29) is 0 Å². The zero-order valence-electron chi connectivity index (χ0n) is 15.4. The first-order valence-electron chi connectivity index (χ1n) is 8.55. The average Bonchev–Trinajstić information content (AvgIpc) is 2.67. The fraction of sp³-hybridized carbons (Fsp3) is 0.300. The van der Waals surface area contributed by atoms with Crippen molar-refractivity contribution in [1.29, 1.82) is 5.26 Å². The number of nitrogens with one attached hydrogen (secondary N) is 2. The monoisotopic (exact) mass is 352 g/mol. The highest BCUT2D eigenvalue weighted by atomic mass is 16.5. The van der Waals surface area contributed by atoms with Crippen molar-refractivity contribution in [2.45, 2.75) is 20.4 Å². The molecule has 0 aromatic heterocycles. The Hall–Kier alpha value is -3.20. The number of rotatable bonds is 7. The van der Waals surface area contributed by atoms with E-state index in [9.17, 15) is 0 Å². The van der Waals surface area contributed by atoms with Gasteiger partial charge in [0.1, 0.15) is 0 Å². The van der Waals surface area contributed by atoms with E-state index in [1.807, 2.05) is 50.2 Å². The Balaban J connectivity index is 2.15. The lowest BCUT2D eigenvalue weighted by Gasteiger charge is -2.14. The van der Waals surface area contributed by atoms with Crippen LogP contribution < -0.4 is 20.1 Å². The molecule has 0 bridgehead atoms. The average molecular weight is 352 g/mol. The highest BCUT2D eigenvalue weighted by Crippen LogP contribution is 2.30. The van der Waals surface area contributed by atoms with Gasteiger partial charge in [-0.2, -0.15) is 5.26 Å². The Morgan fingerprint density at radius 3 is 2.69 bits per heavy atom. The third kappa shape index (κ3) is 5.42. The predicted molar refractivity (Wildman–Crippen MR) is 104 cm³/mol. The van der Waals surface area contributed by atoms with Crippen molar-refractivity contribution in [3.63, 3.8) is 0 Å². The lowest BCUT2D eigenvalue weighted by atomic mass is 10.1. The van der Waals surface area contributed by atoms with Crippen molar-refractivity contribution in [2.24, 2.45) is 4.99 Å². The summed E-state index contributed by atoms with van der Waals surface area (Å²) < 4.78 is 10.9. The van der Waals surface area contributed by atoms with Crippen LogP contribution in [-0.2, 0) is 6.54 Å². The van der Waals surface area contributed by atoms with Gasteiger partial charge in [0.25, 0.3) is 0 Å². The number of hydrogen-bond acceptors (Lipinski definition) is 4. The van der Waals surface area contributed by atoms with E-state index in [1.165, 1.54) is 0 Å². The third-order valence-electron chi connectivity index (χ3n) is 3.55. The molecule has 0 unspecified atom stereocenters. The second kappa shape index (κ2) is 9.94. The number of benzene rings is 2. The van der Waals surface area contributed by atoms with E-state index in [4.69, 9.17) is 14.7 Å². The van der Waals surface area contributed by atoms with Gasteiger partial charge >= 0.3 is 0 Å². The minimum Gasteiger partial charge on any atom is -0.493 e. The molecule has 0 heterocycles. The summed E-state index contributed by atoms with van der Waals surface area (Å²) in [5, 5.41) is 15.5. The molecule has 26 heavy (non-hydrogen) atoms. The second-order valence-corrected chi connectivity index (χ2v) is 5.43. The first-order valence-corrected chi connectivity index (χ1v) is 8.55. The Labute approximate surface area is 154 Å². The predicted octanol–water partition coefficient (Wildman–Crippen LogP) is 3.54. The van der Waals surface area contributed by atoms with Crippen LogP contribution in [0.1, 0.15) is 25.0 Å². The van der Waals surface area contributed by atoms with Crippen LogP contribution in [-0.4, -0.2) is 26.2 Å². The molecular formula is C20H24N4O2. The SMILES string of the molecule is CCNC(=NCc1cccc(C#N)c1)Nc1ccc(OCC)c(OC)c1. The number of aliphatic imine (C=N–C) groups is 1. The smallest absolute Gasteiger partial charge is 0.196 e. The zero-order chi connectivity index (χ0) is 18.8. The lowest BCUT2D eigenvalue weighted by Crippen LogP contribution is -2.30. The molecule has 0 spiro atoms. The van der Waals surface area contributed by atoms with Crippen molar-refractivity contribution in [3.8, 4) is 17.6 Å². The van der Waals surface area contributed by atoms with Gasteiger partial charge in [-0.3, -0.25) is 0 Å². The maximum Gasteiger partial charge on any atom is 0.196 e. The Morgan fingerprint density at radius 2 is 2.00 bits per heavy atom. The maximum atomic E-state index is 9.00. The zero-order valence-corrected chi connectivity index (χ0v) is 15.4. The van der Waals surface area contributed by atoms with Crippen molar-refractivity contribution in [2.75, 3.05) is 25.6 Å². The molecule has 0 saturated heterocycles. The van der Waals surface area contributed by atoms with Gasteiger partial charge in [-0.15, -0.1) is 0 Å². The van der Waals surface area contributed by atoms with Gasteiger partial charge in [-0.25, -0.2) is 4.99 Å². The molecule has 0 aliphatic carbocycles. The molecule has 2 N–H and O–H groups in total.